The molecule has 0 bridgehead atoms. The second-order valence-corrected chi connectivity index (χ2v) is 5.15. The molecule has 4 heteroatoms. The topological polar surface area (TPSA) is 38.5 Å². The van der Waals surface area contributed by atoms with Crippen molar-refractivity contribution in [2.75, 3.05) is 31.7 Å². The number of ether oxygens (including phenoxy) is 1. The second kappa shape index (κ2) is 8.41. The van der Waals surface area contributed by atoms with Gasteiger partial charge < -0.3 is 15.4 Å². The van der Waals surface area contributed by atoms with Crippen molar-refractivity contribution < 1.29 is 4.74 Å². The van der Waals surface area contributed by atoms with Crippen molar-refractivity contribution >= 4 is 17.3 Å². The van der Waals surface area contributed by atoms with Gasteiger partial charge in [-0.3, -0.25) is 0 Å². The highest BCUT2D eigenvalue weighted by molar-refractivity contribution is 6.30. The Morgan fingerprint density at radius 3 is 2.68 bits per heavy atom. The third-order valence-corrected chi connectivity index (χ3v) is 3.58. The van der Waals surface area contributed by atoms with Crippen molar-refractivity contribution in [1.29, 1.82) is 0 Å². The molecule has 1 unspecified atom stereocenters. The van der Waals surface area contributed by atoms with Crippen LogP contribution in [0.3, 0.4) is 0 Å². The van der Waals surface area contributed by atoms with E-state index in [1.165, 1.54) is 11.3 Å². The highest BCUT2D eigenvalue weighted by Crippen LogP contribution is 2.26. The second-order valence-electron chi connectivity index (χ2n) is 4.72. The van der Waals surface area contributed by atoms with E-state index in [0.29, 0.717) is 6.61 Å². The molecule has 19 heavy (non-hydrogen) atoms. The molecular formula is C15H25ClN2O. The van der Waals surface area contributed by atoms with Crippen molar-refractivity contribution in [3.63, 3.8) is 0 Å². The van der Waals surface area contributed by atoms with Crippen LogP contribution in [0.2, 0.25) is 5.02 Å². The summed E-state index contributed by atoms with van der Waals surface area (Å²) in [7, 11) is 1.72. The van der Waals surface area contributed by atoms with Crippen LogP contribution in [0, 0.1) is 0 Å². The summed E-state index contributed by atoms with van der Waals surface area (Å²) in [5, 5.41) is 0.764. The number of nitrogens with zero attached hydrogens (tertiary/aromatic N) is 1. The number of likely N-dealkylation sites (N-methyl/N-ethyl adjacent to an activating group) is 1. The molecule has 1 aromatic rings. The number of nitrogens with two attached hydrogens (primary N) is 1. The first kappa shape index (κ1) is 16.3. The van der Waals surface area contributed by atoms with Crippen molar-refractivity contribution in [2.45, 2.75) is 32.7 Å². The highest BCUT2D eigenvalue weighted by Gasteiger charge is 2.12. The van der Waals surface area contributed by atoms with E-state index < -0.39 is 0 Å². The maximum atomic E-state index is 6.13. The Balaban J connectivity index is 2.96. The minimum atomic E-state index is 0.195. The first-order chi connectivity index (χ1) is 9.12. The van der Waals surface area contributed by atoms with E-state index in [9.17, 15) is 0 Å². The molecule has 1 rings (SSSR count). The predicted molar refractivity (Wildman–Crippen MR) is 83.2 cm³/mol. The molecule has 0 fully saturated rings. The zero-order chi connectivity index (χ0) is 14.3. The van der Waals surface area contributed by atoms with Crippen LogP contribution in [-0.4, -0.2) is 32.8 Å². The van der Waals surface area contributed by atoms with Gasteiger partial charge in [0.2, 0.25) is 0 Å². The maximum Gasteiger partial charge on any atom is 0.0637 e. The van der Waals surface area contributed by atoms with E-state index in [2.05, 4.69) is 24.8 Å². The summed E-state index contributed by atoms with van der Waals surface area (Å²) in [4.78, 5) is 2.28. The lowest BCUT2D eigenvalue weighted by atomic mass is 10.0. The van der Waals surface area contributed by atoms with Crippen LogP contribution in [-0.2, 0) is 11.2 Å². The lowest BCUT2D eigenvalue weighted by Gasteiger charge is -2.26. The van der Waals surface area contributed by atoms with Gasteiger partial charge in [-0.05, 0) is 37.5 Å². The van der Waals surface area contributed by atoms with Crippen LogP contribution >= 0.6 is 11.6 Å². The van der Waals surface area contributed by atoms with Gasteiger partial charge in [0.15, 0.2) is 0 Å². The number of methoxy groups -OCH3 is 1. The van der Waals surface area contributed by atoms with E-state index in [4.69, 9.17) is 22.1 Å². The number of halogens is 1. The Hall–Kier alpha value is -0.770. The van der Waals surface area contributed by atoms with Gasteiger partial charge in [0, 0.05) is 37.0 Å². The van der Waals surface area contributed by atoms with Crippen LogP contribution in [0.25, 0.3) is 0 Å². The molecule has 0 aromatic heterocycles. The third kappa shape index (κ3) is 5.01. The zero-order valence-electron chi connectivity index (χ0n) is 12.2. The summed E-state index contributed by atoms with van der Waals surface area (Å²) in [5.41, 5.74) is 8.52. The minimum Gasteiger partial charge on any atom is -0.383 e. The van der Waals surface area contributed by atoms with Crippen molar-refractivity contribution in [1.82, 2.24) is 0 Å². The van der Waals surface area contributed by atoms with Crippen LogP contribution in [0.5, 0.6) is 0 Å². The molecule has 3 nitrogen and oxygen atoms in total. The molecular weight excluding hydrogens is 260 g/mol. The molecule has 0 saturated heterocycles. The summed E-state index contributed by atoms with van der Waals surface area (Å²) >= 11 is 6.13. The van der Waals surface area contributed by atoms with Gasteiger partial charge in [-0.2, -0.15) is 0 Å². The minimum absolute atomic E-state index is 0.195. The smallest absolute Gasteiger partial charge is 0.0637 e. The molecule has 1 atom stereocenters. The quantitative estimate of drug-likeness (QED) is 0.797. The Labute approximate surface area is 121 Å². The maximum absolute atomic E-state index is 6.13. The van der Waals surface area contributed by atoms with Crippen molar-refractivity contribution in [2.24, 2.45) is 5.73 Å². The first-order valence-electron chi connectivity index (χ1n) is 6.90. The molecule has 0 aliphatic rings. The van der Waals surface area contributed by atoms with Gasteiger partial charge in [0.05, 0.1) is 6.61 Å². The zero-order valence-corrected chi connectivity index (χ0v) is 12.9. The highest BCUT2D eigenvalue weighted by atomic mass is 35.5. The SMILES string of the molecule is CCC(N)Cc1ccc(Cl)cc1N(CC)CCOC. The Bertz CT molecular complexity index is 384. The predicted octanol–water partition coefficient (Wildman–Crippen LogP) is 3.09. The van der Waals surface area contributed by atoms with Gasteiger partial charge in [0.25, 0.3) is 0 Å². The van der Waals surface area contributed by atoms with Crippen LogP contribution < -0.4 is 10.6 Å². The molecule has 108 valence electrons. The fraction of sp³-hybridized carbons (Fsp3) is 0.600. The van der Waals surface area contributed by atoms with E-state index in [1.807, 2.05) is 12.1 Å². The normalized spacial score (nSPS) is 12.5. The molecule has 0 aliphatic carbocycles. The molecule has 2 N–H and O–H groups in total. The van der Waals surface area contributed by atoms with Crippen molar-refractivity contribution in [3.8, 4) is 0 Å². The lowest BCUT2D eigenvalue weighted by Crippen LogP contribution is -2.29. The molecule has 0 radical (unpaired) electrons. The van der Waals surface area contributed by atoms with Gasteiger partial charge in [-0.1, -0.05) is 24.6 Å². The standard InChI is InChI=1S/C15H25ClN2O/c1-4-14(17)10-12-6-7-13(16)11-15(12)18(5-2)8-9-19-3/h6-7,11,14H,4-5,8-10,17H2,1-3H3. The summed E-state index contributed by atoms with van der Waals surface area (Å²) in [6, 6.07) is 6.25. The number of hydrogen-bond acceptors (Lipinski definition) is 3. The summed E-state index contributed by atoms with van der Waals surface area (Å²) in [5.74, 6) is 0. The summed E-state index contributed by atoms with van der Waals surface area (Å²) in [6.45, 7) is 6.75. The molecule has 0 saturated carbocycles. The van der Waals surface area contributed by atoms with E-state index >= 15 is 0 Å². The molecule has 0 heterocycles. The van der Waals surface area contributed by atoms with Crippen LogP contribution in [0.1, 0.15) is 25.8 Å². The molecule has 0 amide bonds. The number of benzene rings is 1. The number of rotatable bonds is 8. The Morgan fingerprint density at radius 1 is 1.37 bits per heavy atom. The number of anilines is 1. The van der Waals surface area contributed by atoms with E-state index in [0.717, 1.165) is 31.0 Å². The third-order valence-electron chi connectivity index (χ3n) is 3.34. The first-order valence-corrected chi connectivity index (χ1v) is 7.28. The molecule has 0 aliphatic heterocycles. The Morgan fingerprint density at radius 2 is 2.11 bits per heavy atom. The van der Waals surface area contributed by atoms with Gasteiger partial charge in [-0.15, -0.1) is 0 Å². The van der Waals surface area contributed by atoms with Crippen LogP contribution in [0.4, 0.5) is 5.69 Å². The fourth-order valence-electron chi connectivity index (χ4n) is 2.08. The van der Waals surface area contributed by atoms with Gasteiger partial charge in [-0.25, -0.2) is 0 Å². The van der Waals surface area contributed by atoms with E-state index in [1.54, 1.807) is 7.11 Å². The lowest BCUT2D eigenvalue weighted by molar-refractivity contribution is 0.205. The average molecular weight is 285 g/mol. The summed E-state index contributed by atoms with van der Waals surface area (Å²) < 4.78 is 5.17. The Kier molecular flexibility index (Phi) is 7.21. The largest absolute Gasteiger partial charge is 0.383 e. The van der Waals surface area contributed by atoms with Gasteiger partial charge >= 0.3 is 0 Å². The van der Waals surface area contributed by atoms with Crippen LogP contribution in [0.15, 0.2) is 18.2 Å². The van der Waals surface area contributed by atoms with Crippen molar-refractivity contribution in [3.05, 3.63) is 28.8 Å². The molecule has 0 spiro atoms. The average Bonchev–Trinajstić information content (AvgIpc) is 2.42. The summed E-state index contributed by atoms with van der Waals surface area (Å²) in [6.07, 6.45) is 1.86. The monoisotopic (exact) mass is 284 g/mol. The van der Waals surface area contributed by atoms with E-state index in [-0.39, 0.29) is 6.04 Å². The molecule has 1 aromatic carbocycles. The fourth-order valence-corrected chi connectivity index (χ4v) is 2.25. The number of hydrogen-bond donors (Lipinski definition) is 1. The van der Waals surface area contributed by atoms with Gasteiger partial charge in [0.1, 0.15) is 0 Å².